The van der Waals surface area contributed by atoms with Crippen molar-refractivity contribution in [2.75, 3.05) is 0 Å². The Bertz CT molecular complexity index is 9240. The molecule has 0 spiro atoms. The summed E-state index contributed by atoms with van der Waals surface area (Å²) in [5.74, 6) is 5.19. The molecule has 0 radical (unpaired) electrons. The van der Waals surface area contributed by atoms with Crippen LogP contribution >= 0.6 is 0 Å². The number of aryl methyl sites for hydroxylation is 10. The molecule has 0 aliphatic rings. The van der Waals surface area contributed by atoms with E-state index in [4.69, 9.17) is 41.8 Å². The van der Waals surface area contributed by atoms with Crippen LogP contribution in [0.1, 0.15) is 38.9 Å². The fourth-order valence-corrected chi connectivity index (χ4v) is 19.5. The van der Waals surface area contributed by atoms with Gasteiger partial charge in [0.15, 0.2) is 33.7 Å². The molecule has 0 fully saturated rings. The summed E-state index contributed by atoms with van der Waals surface area (Å²) in [6.07, 6.45) is 20.6. The van der Waals surface area contributed by atoms with Crippen LogP contribution in [-0.4, -0.2) is 22.8 Å². The first-order valence-corrected chi connectivity index (χ1v) is 45.7. The molecule has 0 aliphatic carbocycles. The maximum Gasteiger partial charge on any atom is 0.297 e. The molecule has 15 aromatic carbocycles. The number of para-hydroxylation sites is 7. The minimum atomic E-state index is 0.542. The standard InChI is InChI=1S/5C24H18N3O/c1-16-12-13-19-18-10-7-11-20(25-2)22(18)28-23(19)21(16)24-26(3)14-15-27(24)17-8-5-4-6-9-17;1-16-9-11-20-19-12-10-17(25-2)15-21(19)28-23(20)22(16)24-26(3)13-14-27(24)18-7-5-4-6-8-18;1-16-9-11-19-20-15-17(25-2)10-12-21(20)28-23(19)22(16)24-26(3)13-14-27(24)18-7-5-4-6-8-18;1-16-11-12-19-22-17(15-25)7-6-10-20(22)28-23(19)21(16)24-26(2)13-14-27(24)18-8-4-3-5-9-18;1-16-14-17(15-25)22-19-10-6-7-11-20(19)28-23(22)21(16)24-26(2)12-13-27(24)18-8-4-3-5-9-18/h3*4-15H,1,3H3;2*3-14H,1-2H3/q5*+1. The summed E-state index contributed by atoms with van der Waals surface area (Å²) in [4.78, 5) is 10.7. The summed E-state index contributed by atoms with van der Waals surface area (Å²) < 4.78 is 52.9. The van der Waals surface area contributed by atoms with Crippen LogP contribution in [0.15, 0.2) is 387 Å². The van der Waals surface area contributed by atoms with E-state index in [0.717, 1.165) is 217 Å². The topological polar surface area (TPSA) is 170 Å². The molecule has 10 aromatic heterocycles. The van der Waals surface area contributed by atoms with Crippen LogP contribution in [0.25, 0.3) is 210 Å². The molecular weight excluding hydrogens is 1730 g/mol. The number of hydrogen-bond donors (Lipinski definition) is 0. The second kappa shape index (κ2) is 36.3. The number of fused-ring (bicyclic) bond motifs is 15. The van der Waals surface area contributed by atoms with Gasteiger partial charge < -0.3 is 22.1 Å². The third-order valence-electron chi connectivity index (χ3n) is 26.2. The van der Waals surface area contributed by atoms with Crippen LogP contribution in [0.3, 0.4) is 0 Å². The average Bonchev–Trinajstić information content (AvgIpc) is 1.59. The number of nitrogens with zero attached hydrogens (tertiary/aromatic N) is 15. The second-order valence-electron chi connectivity index (χ2n) is 34.8. The molecule has 20 heteroatoms. The lowest BCUT2D eigenvalue weighted by molar-refractivity contribution is -0.659. The number of imidazole rings is 5. The maximum absolute atomic E-state index is 9.74. The first kappa shape index (κ1) is 87.5. The maximum atomic E-state index is 9.74. The molecule has 140 heavy (non-hydrogen) atoms. The van der Waals surface area contributed by atoms with E-state index < -0.39 is 0 Å². The van der Waals surface area contributed by atoms with Crippen molar-refractivity contribution in [3.63, 3.8) is 0 Å². The van der Waals surface area contributed by atoms with Gasteiger partial charge in [0, 0.05) is 53.9 Å². The van der Waals surface area contributed by atoms with Gasteiger partial charge in [0.1, 0.15) is 152 Å². The number of nitriles is 2. The van der Waals surface area contributed by atoms with Crippen molar-refractivity contribution < 1.29 is 44.9 Å². The molecule has 0 unspecified atom stereocenters. The normalized spacial score (nSPS) is 11.2. The molecule has 0 atom stereocenters. The van der Waals surface area contributed by atoms with Crippen molar-refractivity contribution in [1.82, 2.24) is 22.8 Å². The van der Waals surface area contributed by atoms with Crippen molar-refractivity contribution in [3.05, 3.63) is 438 Å². The largest absolute Gasteiger partial charge is 0.466 e. The number of aromatic nitrogens is 10. The zero-order valence-electron chi connectivity index (χ0n) is 78.4. The molecule has 0 amide bonds. The first-order chi connectivity index (χ1) is 68.4. The van der Waals surface area contributed by atoms with Gasteiger partial charge >= 0.3 is 0 Å². The number of benzene rings is 15. The summed E-state index contributed by atoms with van der Waals surface area (Å²) in [5.41, 5.74) is 27.0. The highest BCUT2D eigenvalue weighted by Gasteiger charge is 2.34. The summed E-state index contributed by atoms with van der Waals surface area (Å²) in [6.45, 7) is 32.5. The SMILES string of the molecule is Cc1cc(C#N)c2c(oc3ccccc32)c1-c1n(-c2ccccc2)cc[n+]1C.Cc1ccc2c(oc3cccc(C#N)c32)c1-c1n(-c2ccccc2)cc[n+]1C.[C-]#[N+]c1ccc2c(c1)oc1c(-c3n(-c4ccccc4)cc[n+]3C)c(C)ccc12.[C-]#[N+]c1ccc2oc3c(-c4n(-c5ccccc5)cc[n+]4C)c(C)ccc3c2c1.[C-]#[N+]c1cccc2c1oc1c(-c3n(-c4ccccc4)cc[n+]3C)c(C)ccc12. The summed E-state index contributed by atoms with van der Waals surface area (Å²) in [6, 6.07) is 105. The van der Waals surface area contributed by atoms with Gasteiger partial charge in [0.2, 0.25) is 5.69 Å². The van der Waals surface area contributed by atoms with Crippen LogP contribution in [0, 0.1) is 77.0 Å². The molecule has 0 aliphatic heterocycles. The lowest BCUT2D eigenvalue weighted by Gasteiger charge is -2.08. The molecule has 25 rings (SSSR count). The molecule has 0 saturated heterocycles. The Balaban J connectivity index is 0.000000104. The monoisotopic (exact) mass is 1820 g/mol. The fourth-order valence-electron chi connectivity index (χ4n) is 19.5. The minimum absolute atomic E-state index is 0.542. The third kappa shape index (κ3) is 15.2. The van der Waals surface area contributed by atoms with E-state index in [1.807, 2.05) is 243 Å². The highest BCUT2D eigenvalue weighted by molar-refractivity contribution is 6.16. The van der Waals surface area contributed by atoms with Crippen molar-refractivity contribution in [2.45, 2.75) is 34.6 Å². The predicted octanol–water partition coefficient (Wildman–Crippen LogP) is 27.3. The van der Waals surface area contributed by atoms with Crippen LogP contribution in [0.5, 0.6) is 0 Å². The summed E-state index contributed by atoms with van der Waals surface area (Å²) in [5, 5.41) is 29.1. The Labute approximate surface area is 805 Å². The Hall–Kier alpha value is -19.2. The smallest absolute Gasteiger partial charge is 0.297 e. The van der Waals surface area contributed by atoms with Gasteiger partial charge in [-0.2, -0.15) is 33.4 Å². The van der Waals surface area contributed by atoms with E-state index in [1.54, 1.807) is 12.1 Å². The molecule has 10 heterocycles. The van der Waals surface area contributed by atoms with Gasteiger partial charge in [-0.05, 0) is 166 Å². The van der Waals surface area contributed by atoms with E-state index in [0.29, 0.717) is 33.8 Å². The Morgan fingerprint density at radius 3 is 1.02 bits per heavy atom. The van der Waals surface area contributed by atoms with Crippen LogP contribution in [0.4, 0.5) is 17.1 Å². The number of hydrogen-bond acceptors (Lipinski definition) is 7. The molecule has 0 bridgehead atoms. The minimum Gasteiger partial charge on any atom is -0.466 e. The van der Waals surface area contributed by atoms with Crippen molar-refractivity contribution in [3.8, 4) is 97.5 Å². The van der Waals surface area contributed by atoms with E-state index in [2.05, 4.69) is 253 Å². The predicted molar refractivity (Wildman–Crippen MR) is 550 cm³/mol. The Kier molecular flexibility index (Phi) is 22.7. The first-order valence-electron chi connectivity index (χ1n) is 45.7. The fraction of sp³-hybridized carbons (Fsp3) is 0.0833. The molecule has 25 aromatic rings. The second-order valence-corrected chi connectivity index (χ2v) is 34.8. The van der Waals surface area contributed by atoms with E-state index in [1.165, 1.54) is 0 Å². The lowest BCUT2D eigenvalue weighted by atomic mass is 9.98. The van der Waals surface area contributed by atoms with E-state index in [9.17, 15) is 10.5 Å². The molecular formula is C120H90N15O5+5. The quantitative estimate of drug-likeness (QED) is 0.0969. The number of rotatable bonds is 10. The zero-order chi connectivity index (χ0) is 96.3. The van der Waals surface area contributed by atoms with Gasteiger partial charge in [-0.25, -0.2) is 37.4 Å². The summed E-state index contributed by atoms with van der Waals surface area (Å²) in [7, 11) is 10.2. The van der Waals surface area contributed by atoms with Crippen molar-refractivity contribution in [2.24, 2.45) is 35.2 Å². The van der Waals surface area contributed by atoms with Gasteiger partial charge in [0.25, 0.3) is 29.1 Å². The summed E-state index contributed by atoms with van der Waals surface area (Å²) >= 11 is 0. The van der Waals surface area contributed by atoms with E-state index >= 15 is 0 Å². The lowest BCUT2D eigenvalue weighted by Crippen LogP contribution is -2.29. The Morgan fingerprint density at radius 2 is 0.579 bits per heavy atom. The Morgan fingerprint density at radius 1 is 0.250 bits per heavy atom. The third-order valence-corrected chi connectivity index (χ3v) is 26.2. The van der Waals surface area contributed by atoms with Gasteiger partial charge in [0.05, 0.1) is 78.2 Å². The van der Waals surface area contributed by atoms with Crippen molar-refractivity contribution >= 4 is 127 Å². The van der Waals surface area contributed by atoms with Gasteiger partial charge in [-0.15, -0.1) is 0 Å². The van der Waals surface area contributed by atoms with Crippen LogP contribution < -0.4 is 22.8 Å². The van der Waals surface area contributed by atoms with Gasteiger partial charge in [-0.3, -0.25) is 0 Å². The molecule has 20 nitrogen and oxygen atoms in total. The van der Waals surface area contributed by atoms with Crippen LogP contribution in [0.2, 0.25) is 0 Å². The highest BCUT2D eigenvalue weighted by atomic mass is 16.3. The zero-order valence-corrected chi connectivity index (χ0v) is 78.4. The van der Waals surface area contributed by atoms with Crippen LogP contribution in [-0.2, 0) is 35.2 Å². The highest BCUT2D eigenvalue weighted by Crippen LogP contribution is 2.47. The molecule has 0 N–H and O–H groups in total. The average molecular weight is 1820 g/mol. The van der Waals surface area contributed by atoms with E-state index in [-0.39, 0.29) is 0 Å². The van der Waals surface area contributed by atoms with Gasteiger partial charge in [-0.1, -0.05) is 200 Å². The van der Waals surface area contributed by atoms with Crippen molar-refractivity contribution in [1.29, 1.82) is 10.5 Å². The molecule has 670 valence electrons. The molecule has 0 saturated carbocycles. The number of furan rings is 5.